The average molecular weight is 237 g/mol. The maximum absolute atomic E-state index is 11.0. The van der Waals surface area contributed by atoms with Gasteiger partial charge in [-0.05, 0) is 24.5 Å². The van der Waals surface area contributed by atoms with Gasteiger partial charge in [0.25, 0.3) is 0 Å². The molecule has 0 aliphatic rings. The van der Waals surface area contributed by atoms with Crippen LogP contribution in [0.4, 0.5) is 0 Å². The molecule has 0 amide bonds. The Morgan fingerprint density at radius 2 is 2.00 bits per heavy atom. The third-order valence-corrected chi connectivity index (χ3v) is 3.00. The number of nitrogens with one attached hydrogen (secondary N) is 1. The number of hydrogen-bond donors (Lipinski definition) is 3. The van der Waals surface area contributed by atoms with Gasteiger partial charge in [-0.1, -0.05) is 25.1 Å². The molecule has 1 rings (SSSR count). The minimum atomic E-state index is -0.912. The Bertz CT molecular complexity index is 379. The number of aliphatic hydroxyl groups is 1. The predicted octanol–water partition coefficient (Wildman–Crippen LogP) is 1.49. The number of carbonyl (C=O) groups is 1. The van der Waals surface area contributed by atoms with E-state index >= 15 is 0 Å². The zero-order chi connectivity index (χ0) is 12.8. The second kappa shape index (κ2) is 6.37. The van der Waals surface area contributed by atoms with Crippen molar-refractivity contribution in [2.75, 3.05) is 6.61 Å². The predicted molar refractivity (Wildman–Crippen MR) is 66.0 cm³/mol. The summed E-state index contributed by atoms with van der Waals surface area (Å²) in [6.45, 7) is 4.54. The number of rotatable bonds is 6. The first-order valence-corrected chi connectivity index (χ1v) is 5.71. The van der Waals surface area contributed by atoms with Gasteiger partial charge in [0.15, 0.2) is 0 Å². The van der Waals surface area contributed by atoms with Gasteiger partial charge in [0.1, 0.15) is 0 Å². The highest BCUT2D eigenvalue weighted by Gasteiger charge is 2.13. The molecule has 0 spiro atoms. The quantitative estimate of drug-likeness (QED) is 0.701. The lowest BCUT2D eigenvalue weighted by molar-refractivity contribution is 0.0695. The summed E-state index contributed by atoms with van der Waals surface area (Å²) in [6.07, 6.45) is 0. The molecular weight excluding hydrogens is 218 g/mol. The minimum Gasteiger partial charge on any atom is -0.478 e. The van der Waals surface area contributed by atoms with Crippen LogP contribution in [0, 0.1) is 5.92 Å². The van der Waals surface area contributed by atoms with Crippen molar-refractivity contribution in [3.05, 3.63) is 35.4 Å². The third-order valence-electron chi connectivity index (χ3n) is 3.00. The maximum atomic E-state index is 11.0. The summed E-state index contributed by atoms with van der Waals surface area (Å²) in [5.74, 6) is -0.766. The molecule has 2 unspecified atom stereocenters. The van der Waals surface area contributed by atoms with Gasteiger partial charge in [0.05, 0.1) is 5.56 Å². The topological polar surface area (TPSA) is 69.6 Å². The lowest BCUT2D eigenvalue weighted by Crippen LogP contribution is -2.33. The van der Waals surface area contributed by atoms with E-state index in [1.807, 2.05) is 19.9 Å². The van der Waals surface area contributed by atoms with Crippen LogP contribution in [0.25, 0.3) is 0 Å². The van der Waals surface area contributed by atoms with Gasteiger partial charge in [-0.3, -0.25) is 0 Å². The van der Waals surface area contributed by atoms with Crippen LogP contribution >= 0.6 is 0 Å². The largest absolute Gasteiger partial charge is 0.478 e. The molecule has 1 aromatic rings. The van der Waals surface area contributed by atoms with Crippen molar-refractivity contribution < 1.29 is 15.0 Å². The first-order valence-electron chi connectivity index (χ1n) is 5.71. The first kappa shape index (κ1) is 13.7. The van der Waals surface area contributed by atoms with E-state index in [4.69, 9.17) is 10.2 Å². The van der Waals surface area contributed by atoms with Gasteiger partial charge in [0.2, 0.25) is 0 Å². The molecule has 4 heteroatoms. The Morgan fingerprint density at radius 3 is 2.59 bits per heavy atom. The molecule has 0 saturated heterocycles. The summed E-state index contributed by atoms with van der Waals surface area (Å²) in [7, 11) is 0. The third kappa shape index (κ3) is 3.84. The Balaban J connectivity index is 2.66. The smallest absolute Gasteiger partial charge is 0.336 e. The molecule has 1 aromatic carbocycles. The summed E-state index contributed by atoms with van der Waals surface area (Å²) in [5, 5.41) is 21.3. The highest BCUT2D eigenvalue weighted by Crippen LogP contribution is 2.10. The van der Waals surface area contributed by atoms with Crippen molar-refractivity contribution in [3.8, 4) is 0 Å². The molecule has 4 nitrogen and oxygen atoms in total. The molecule has 0 aromatic heterocycles. The molecule has 0 radical (unpaired) electrons. The molecule has 2 atom stereocenters. The van der Waals surface area contributed by atoms with Gasteiger partial charge >= 0.3 is 5.97 Å². The van der Waals surface area contributed by atoms with Crippen LogP contribution in [0.15, 0.2) is 24.3 Å². The zero-order valence-corrected chi connectivity index (χ0v) is 10.2. The molecule has 3 N–H and O–H groups in total. The molecule has 0 aliphatic heterocycles. The Kier molecular flexibility index (Phi) is 5.12. The summed E-state index contributed by atoms with van der Waals surface area (Å²) < 4.78 is 0. The fourth-order valence-corrected chi connectivity index (χ4v) is 1.51. The number of carboxylic acids is 1. The average Bonchev–Trinajstić information content (AvgIpc) is 2.35. The van der Waals surface area contributed by atoms with Crippen LogP contribution in [-0.2, 0) is 6.54 Å². The van der Waals surface area contributed by atoms with Crippen molar-refractivity contribution in [1.82, 2.24) is 5.32 Å². The Hall–Kier alpha value is -1.39. The molecule has 0 heterocycles. The molecular formula is C13H19NO3. The van der Waals surface area contributed by atoms with E-state index in [-0.39, 0.29) is 18.6 Å². The summed E-state index contributed by atoms with van der Waals surface area (Å²) >= 11 is 0. The van der Waals surface area contributed by atoms with Crippen molar-refractivity contribution in [2.24, 2.45) is 5.92 Å². The van der Waals surface area contributed by atoms with Crippen LogP contribution in [0.5, 0.6) is 0 Å². The van der Waals surface area contributed by atoms with E-state index < -0.39 is 5.97 Å². The van der Waals surface area contributed by atoms with Crippen molar-refractivity contribution in [3.63, 3.8) is 0 Å². The highest BCUT2D eigenvalue weighted by atomic mass is 16.4. The molecule has 0 saturated carbocycles. The van der Waals surface area contributed by atoms with Gasteiger partial charge < -0.3 is 15.5 Å². The SMILES string of the molecule is CC(CO)C(C)NCc1ccccc1C(=O)O. The van der Waals surface area contributed by atoms with E-state index in [0.29, 0.717) is 12.1 Å². The second-order valence-electron chi connectivity index (χ2n) is 4.29. The van der Waals surface area contributed by atoms with E-state index in [9.17, 15) is 4.79 Å². The standard InChI is InChI=1S/C13H19NO3/c1-9(8-15)10(2)14-7-11-5-3-4-6-12(11)13(16)17/h3-6,9-10,14-15H,7-8H2,1-2H3,(H,16,17). The van der Waals surface area contributed by atoms with E-state index in [1.165, 1.54) is 0 Å². The van der Waals surface area contributed by atoms with Crippen LogP contribution < -0.4 is 5.32 Å². The van der Waals surface area contributed by atoms with Crippen molar-refractivity contribution in [1.29, 1.82) is 0 Å². The van der Waals surface area contributed by atoms with Crippen LogP contribution in [0.3, 0.4) is 0 Å². The lowest BCUT2D eigenvalue weighted by Gasteiger charge is -2.19. The maximum Gasteiger partial charge on any atom is 0.336 e. The highest BCUT2D eigenvalue weighted by molar-refractivity contribution is 5.89. The van der Waals surface area contributed by atoms with Crippen LogP contribution in [-0.4, -0.2) is 28.8 Å². The monoisotopic (exact) mass is 237 g/mol. The number of aromatic carboxylic acids is 1. The van der Waals surface area contributed by atoms with Gasteiger partial charge in [-0.2, -0.15) is 0 Å². The Labute approximate surface area is 101 Å². The minimum absolute atomic E-state index is 0.120. The molecule has 0 bridgehead atoms. The summed E-state index contributed by atoms with van der Waals surface area (Å²) in [5.41, 5.74) is 1.08. The van der Waals surface area contributed by atoms with Crippen molar-refractivity contribution in [2.45, 2.75) is 26.4 Å². The van der Waals surface area contributed by atoms with Crippen LogP contribution in [0.1, 0.15) is 29.8 Å². The van der Waals surface area contributed by atoms with E-state index in [0.717, 1.165) is 5.56 Å². The molecule has 17 heavy (non-hydrogen) atoms. The zero-order valence-electron chi connectivity index (χ0n) is 10.2. The number of hydrogen-bond acceptors (Lipinski definition) is 3. The number of carboxylic acid groups (broad SMARTS) is 1. The summed E-state index contributed by atoms with van der Waals surface area (Å²) in [6, 6.07) is 7.07. The molecule has 0 fully saturated rings. The lowest BCUT2D eigenvalue weighted by atomic mass is 10.0. The first-order chi connectivity index (χ1) is 8.06. The van der Waals surface area contributed by atoms with Crippen molar-refractivity contribution >= 4 is 5.97 Å². The molecule has 94 valence electrons. The van der Waals surface area contributed by atoms with E-state index in [2.05, 4.69) is 5.32 Å². The normalized spacial score (nSPS) is 14.3. The fraction of sp³-hybridized carbons (Fsp3) is 0.462. The second-order valence-corrected chi connectivity index (χ2v) is 4.29. The van der Waals surface area contributed by atoms with Gasteiger partial charge in [-0.25, -0.2) is 4.79 Å². The summed E-state index contributed by atoms with van der Waals surface area (Å²) in [4.78, 5) is 11.0. The van der Waals surface area contributed by atoms with E-state index in [1.54, 1.807) is 18.2 Å². The Morgan fingerprint density at radius 1 is 1.35 bits per heavy atom. The van der Waals surface area contributed by atoms with Gasteiger partial charge in [-0.15, -0.1) is 0 Å². The van der Waals surface area contributed by atoms with Crippen LogP contribution in [0.2, 0.25) is 0 Å². The molecule has 0 aliphatic carbocycles. The number of aliphatic hydroxyl groups excluding tert-OH is 1. The van der Waals surface area contributed by atoms with Gasteiger partial charge in [0, 0.05) is 19.2 Å². The fourth-order valence-electron chi connectivity index (χ4n) is 1.51. The number of benzene rings is 1.